The van der Waals surface area contributed by atoms with Crippen LogP contribution in [-0.4, -0.2) is 45.8 Å². The summed E-state index contributed by atoms with van der Waals surface area (Å²) in [6, 6.07) is 7.67. The minimum absolute atomic E-state index is 0.332. The smallest absolute Gasteiger partial charge is 0.175 e. The summed E-state index contributed by atoms with van der Waals surface area (Å²) in [5, 5.41) is 3.37. The molecule has 1 fully saturated rings. The number of allylic oxidation sites excluding steroid dienone is 1. The Morgan fingerprint density at radius 1 is 1.29 bits per heavy atom. The molecule has 5 heteroatoms. The fourth-order valence-corrected chi connectivity index (χ4v) is 3.40. The molecule has 0 aliphatic carbocycles. The molecule has 21 heavy (non-hydrogen) atoms. The Kier molecular flexibility index (Phi) is 5.56. The van der Waals surface area contributed by atoms with Crippen molar-refractivity contribution < 1.29 is 8.42 Å². The van der Waals surface area contributed by atoms with Crippen molar-refractivity contribution in [2.24, 2.45) is 0 Å². The van der Waals surface area contributed by atoms with Crippen molar-refractivity contribution in [3.63, 3.8) is 0 Å². The molecule has 116 valence electrons. The van der Waals surface area contributed by atoms with Crippen LogP contribution in [0.1, 0.15) is 24.4 Å². The summed E-state index contributed by atoms with van der Waals surface area (Å²) in [6.07, 6.45) is 5.16. The summed E-state index contributed by atoms with van der Waals surface area (Å²) in [7, 11) is -3.13. The molecule has 0 saturated carbocycles. The Balaban J connectivity index is 2.21. The highest BCUT2D eigenvalue weighted by Gasteiger charge is 2.21. The maximum Gasteiger partial charge on any atom is 0.175 e. The molecule has 0 spiro atoms. The van der Waals surface area contributed by atoms with Crippen LogP contribution < -0.4 is 5.32 Å². The van der Waals surface area contributed by atoms with E-state index in [9.17, 15) is 8.42 Å². The first-order valence-electron chi connectivity index (χ1n) is 7.38. The van der Waals surface area contributed by atoms with Crippen LogP contribution in [-0.2, 0) is 9.84 Å². The Labute approximate surface area is 127 Å². The van der Waals surface area contributed by atoms with Gasteiger partial charge < -0.3 is 5.32 Å². The number of nitrogens with zero attached hydrogens (tertiary/aromatic N) is 1. The minimum atomic E-state index is -3.13. The van der Waals surface area contributed by atoms with Gasteiger partial charge >= 0.3 is 0 Å². The number of hydrogen-bond donors (Lipinski definition) is 1. The average Bonchev–Trinajstić information content (AvgIpc) is 2.48. The number of benzene rings is 1. The fourth-order valence-electron chi connectivity index (χ4n) is 2.77. The number of rotatable bonds is 6. The minimum Gasteiger partial charge on any atom is -0.314 e. The Morgan fingerprint density at radius 2 is 1.90 bits per heavy atom. The van der Waals surface area contributed by atoms with Gasteiger partial charge in [-0.3, -0.25) is 4.90 Å². The van der Waals surface area contributed by atoms with Crippen LogP contribution >= 0.6 is 0 Å². The number of piperazine rings is 1. The van der Waals surface area contributed by atoms with Crippen molar-refractivity contribution in [2.75, 3.05) is 32.4 Å². The lowest BCUT2D eigenvalue weighted by molar-refractivity contribution is 0.166. The van der Waals surface area contributed by atoms with E-state index < -0.39 is 9.84 Å². The molecule has 1 atom stereocenters. The predicted octanol–water partition coefficient (Wildman–Crippen LogP) is 2.00. The second-order valence-electron chi connectivity index (χ2n) is 5.51. The molecule has 0 unspecified atom stereocenters. The van der Waals surface area contributed by atoms with Gasteiger partial charge in [0.1, 0.15) is 0 Å². The fraction of sp³-hybridized carbons (Fsp3) is 0.500. The van der Waals surface area contributed by atoms with Crippen molar-refractivity contribution in [1.82, 2.24) is 10.2 Å². The molecule has 1 aromatic rings. The van der Waals surface area contributed by atoms with E-state index in [1.807, 2.05) is 18.2 Å². The maximum absolute atomic E-state index is 11.6. The van der Waals surface area contributed by atoms with Crippen LogP contribution in [0.3, 0.4) is 0 Å². The standard InChI is InChI=1S/C16H24N2O2S/c1-3-4-5-16(18-12-10-17-11-13-18)14-6-8-15(9-7-14)21(2,19)20/h3,6-9,16-17H,1,4-5,10-13H2,2H3/t16-/m1/s1. The second-order valence-corrected chi connectivity index (χ2v) is 7.52. The molecule has 1 aliphatic heterocycles. The van der Waals surface area contributed by atoms with Crippen LogP contribution in [0.25, 0.3) is 0 Å². The van der Waals surface area contributed by atoms with Gasteiger partial charge in [0, 0.05) is 38.5 Å². The monoisotopic (exact) mass is 308 g/mol. The van der Waals surface area contributed by atoms with Crippen LogP contribution in [0.2, 0.25) is 0 Å². The highest BCUT2D eigenvalue weighted by Crippen LogP contribution is 2.27. The van der Waals surface area contributed by atoms with Crippen LogP contribution in [0.4, 0.5) is 0 Å². The predicted molar refractivity (Wildman–Crippen MR) is 86.2 cm³/mol. The van der Waals surface area contributed by atoms with Crippen molar-refractivity contribution in [1.29, 1.82) is 0 Å². The first kappa shape index (κ1) is 16.2. The van der Waals surface area contributed by atoms with Gasteiger partial charge in [0.05, 0.1) is 4.90 Å². The van der Waals surface area contributed by atoms with Gasteiger partial charge in [0.15, 0.2) is 9.84 Å². The number of hydrogen-bond acceptors (Lipinski definition) is 4. The summed E-state index contributed by atoms with van der Waals surface area (Å²) in [4.78, 5) is 2.85. The van der Waals surface area contributed by atoms with E-state index in [4.69, 9.17) is 0 Å². The van der Waals surface area contributed by atoms with Gasteiger partial charge in [-0.2, -0.15) is 0 Å². The van der Waals surface area contributed by atoms with Gasteiger partial charge in [-0.05, 0) is 30.5 Å². The van der Waals surface area contributed by atoms with E-state index in [2.05, 4.69) is 16.8 Å². The van der Waals surface area contributed by atoms with Crippen LogP contribution in [0.15, 0.2) is 41.8 Å². The molecule has 4 nitrogen and oxygen atoms in total. The molecule has 0 bridgehead atoms. The number of sulfone groups is 1. The quantitative estimate of drug-likeness (QED) is 0.817. The van der Waals surface area contributed by atoms with Gasteiger partial charge in [-0.15, -0.1) is 6.58 Å². The molecule has 2 rings (SSSR count). The summed E-state index contributed by atoms with van der Waals surface area (Å²) in [5.41, 5.74) is 1.19. The van der Waals surface area contributed by atoms with E-state index in [-0.39, 0.29) is 0 Å². The van der Waals surface area contributed by atoms with Crippen molar-refractivity contribution in [3.05, 3.63) is 42.5 Å². The highest BCUT2D eigenvalue weighted by atomic mass is 32.2. The van der Waals surface area contributed by atoms with E-state index in [0.717, 1.165) is 39.0 Å². The zero-order valence-corrected chi connectivity index (χ0v) is 13.4. The van der Waals surface area contributed by atoms with Crippen LogP contribution in [0.5, 0.6) is 0 Å². The third kappa shape index (κ3) is 4.40. The Bertz CT molecular complexity index is 560. The molecule has 1 saturated heterocycles. The van der Waals surface area contributed by atoms with E-state index in [1.54, 1.807) is 12.1 Å². The van der Waals surface area contributed by atoms with Gasteiger partial charge in [0.2, 0.25) is 0 Å². The molecule has 0 radical (unpaired) electrons. The van der Waals surface area contributed by atoms with Gasteiger partial charge in [-0.25, -0.2) is 8.42 Å². The van der Waals surface area contributed by atoms with E-state index in [1.165, 1.54) is 11.8 Å². The highest BCUT2D eigenvalue weighted by molar-refractivity contribution is 7.90. The lowest BCUT2D eigenvalue weighted by atomic mass is 9.99. The maximum atomic E-state index is 11.6. The molecule has 1 heterocycles. The SMILES string of the molecule is C=CCC[C@H](c1ccc(S(C)(=O)=O)cc1)N1CCNCC1. The molecule has 0 amide bonds. The molecule has 1 aromatic carbocycles. The zero-order chi connectivity index (χ0) is 15.3. The van der Waals surface area contributed by atoms with E-state index in [0.29, 0.717) is 10.9 Å². The molecule has 1 N–H and O–H groups in total. The summed E-state index contributed by atoms with van der Waals surface area (Å²) >= 11 is 0. The third-order valence-corrected chi connectivity index (χ3v) is 5.06. The second kappa shape index (κ2) is 7.20. The Morgan fingerprint density at radius 3 is 2.43 bits per heavy atom. The normalized spacial score (nSPS) is 18.3. The summed E-state index contributed by atoms with van der Waals surface area (Å²) in [6.45, 7) is 7.87. The topological polar surface area (TPSA) is 49.4 Å². The van der Waals surface area contributed by atoms with Crippen molar-refractivity contribution in [3.8, 4) is 0 Å². The van der Waals surface area contributed by atoms with Crippen LogP contribution in [0, 0.1) is 0 Å². The molecule has 0 aromatic heterocycles. The zero-order valence-electron chi connectivity index (χ0n) is 12.6. The molecule has 1 aliphatic rings. The first-order valence-corrected chi connectivity index (χ1v) is 9.27. The van der Waals surface area contributed by atoms with Gasteiger partial charge in [0.25, 0.3) is 0 Å². The summed E-state index contributed by atoms with van der Waals surface area (Å²) < 4.78 is 23.1. The average molecular weight is 308 g/mol. The third-order valence-electron chi connectivity index (χ3n) is 3.93. The van der Waals surface area contributed by atoms with Gasteiger partial charge in [-0.1, -0.05) is 18.2 Å². The van der Waals surface area contributed by atoms with Crippen molar-refractivity contribution >= 4 is 9.84 Å². The lowest BCUT2D eigenvalue weighted by Crippen LogP contribution is -2.45. The summed E-state index contributed by atoms with van der Waals surface area (Å²) in [5.74, 6) is 0. The molecular weight excluding hydrogens is 284 g/mol. The van der Waals surface area contributed by atoms with Crippen molar-refractivity contribution in [2.45, 2.75) is 23.8 Å². The number of nitrogens with one attached hydrogen (secondary N) is 1. The molecular formula is C16H24N2O2S. The lowest BCUT2D eigenvalue weighted by Gasteiger charge is -2.35. The van der Waals surface area contributed by atoms with E-state index >= 15 is 0 Å². The Hall–Kier alpha value is -1.17. The largest absolute Gasteiger partial charge is 0.314 e. The first-order chi connectivity index (χ1) is 10.0.